The Labute approximate surface area is 304 Å². The maximum Gasteiger partial charge on any atom is 0.330 e. The molecule has 0 heterocycles. The number of hydrogen-bond acceptors (Lipinski definition) is 16. The zero-order chi connectivity index (χ0) is 40.8. The monoisotopic (exact) mass is 756 g/mol. The highest BCUT2D eigenvalue weighted by molar-refractivity contribution is 5.83. The van der Waals surface area contributed by atoms with Crippen molar-refractivity contribution in [3.05, 3.63) is 75.9 Å². The number of alkyl halides is 2. The molecular formula is C35H42F2O16. The Bertz CT molecular complexity index is 1210. The molecule has 16 nitrogen and oxygen atoms in total. The summed E-state index contributed by atoms with van der Waals surface area (Å²) in [5.74, 6) is -18.1. The average Bonchev–Trinajstić information content (AvgIpc) is 3.17. The van der Waals surface area contributed by atoms with E-state index in [0.717, 1.165) is 50.3 Å². The van der Waals surface area contributed by atoms with E-state index >= 15 is 8.78 Å². The third-order valence-electron chi connectivity index (χ3n) is 7.03. The molecule has 0 aliphatic carbocycles. The Balaban J connectivity index is 6.26. The van der Waals surface area contributed by atoms with Crippen LogP contribution in [-0.4, -0.2) is 107 Å². The van der Waals surface area contributed by atoms with Crippen molar-refractivity contribution in [3.63, 3.8) is 0 Å². The van der Waals surface area contributed by atoms with Crippen LogP contribution in [-0.2, 0) is 76.3 Å². The van der Waals surface area contributed by atoms with Crippen molar-refractivity contribution in [1.82, 2.24) is 0 Å². The Hall–Kier alpha value is -5.94. The highest BCUT2D eigenvalue weighted by Gasteiger charge is 2.52. The maximum atomic E-state index is 15.7. The lowest BCUT2D eigenvalue weighted by Crippen LogP contribution is -2.48. The van der Waals surface area contributed by atoms with Gasteiger partial charge < -0.3 is 37.9 Å². The van der Waals surface area contributed by atoms with Crippen LogP contribution < -0.4 is 0 Å². The predicted molar refractivity (Wildman–Crippen MR) is 177 cm³/mol. The molecule has 53 heavy (non-hydrogen) atoms. The third kappa shape index (κ3) is 16.3. The van der Waals surface area contributed by atoms with E-state index in [2.05, 4.69) is 39.5 Å². The number of rotatable bonds is 26. The van der Waals surface area contributed by atoms with Gasteiger partial charge in [-0.05, 0) is 13.8 Å². The van der Waals surface area contributed by atoms with Crippen LogP contribution >= 0.6 is 0 Å². The lowest BCUT2D eigenvalue weighted by atomic mass is 9.90. The highest BCUT2D eigenvalue weighted by Crippen LogP contribution is 2.35. The van der Waals surface area contributed by atoms with Gasteiger partial charge in [0.1, 0.15) is 75.5 Å². The summed E-state index contributed by atoms with van der Waals surface area (Å²) in [7, 11) is 0. The number of carbonyl (C=O) groups is 8. The van der Waals surface area contributed by atoms with E-state index in [9.17, 15) is 38.4 Å². The summed E-state index contributed by atoms with van der Waals surface area (Å²) >= 11 is 0. The van der Waals surface area contributed by atoms with Gasteiger partial charge in [0, 0.05) is 36.5 Å². The number of halogens is 2. The van der Waals surface area contributed by atoms with Gasteiger partial charge in [0.25, 0.3) is 5.92 Å². The molecule has 2 atom stereocenters. The van der Waals surface area contributed by atoms with Crippen LogP contribution in [0.25, 0.3) is 0 Å². The molecule has 0 saturated heterocycles. The van der Waals surface area contributed by atoms with E-state index in [0.29, 0.717) is 0 Å². The molecule has 0 aromatic carbocycles. The van der Waals surface area contributed by atoms with Gasteiger partial charge in [-0.25, -0.2) is 37.5 Å². The minimum absolute atomic E-state index is 0.726. The standard InChI is InChI=1S/C35H42F2O16/c1-9-25(38)46-15-33(16-47-26(39)10-2,17-48-27(40)11-3)21-52-31(44)23(7)35(36,37)24(8)32(45)53-22-34(18-49-28(41)12-4,19-50-29(42)13-5)20-51-30(43)14-6/h9-14,23-24H,1-6,15-22H2,7-8H3. The molecule has 2 unspecified atom stereocenters. The Morgan fingerprint density at radius 1 is 0.415 bits per heavy atom. The topological polar surface area (TPSA) is 210 Å². The van der Waals surface area contributed by atoms with Crippen LogP contribution in [0.2, 0.25) is 0 Å². The minimum Gasteiger partial charge on any atom is -0.464 e. The summed E-state index contributed by atoms with van der Waals surface area (Å²) in [4.78, 5) is 96.8. The second-order valence-electron chi connectivity index (χ2n) is 11.2. The van der Waals surface area contributed by atoms with Crippen molar-refractivity contribution in [2.45, 2.75) is 19.8 Å². The Kier molecular flexibility index (Phi) is 20.2. The van der Waals surface area contributed by atoms with Crippen molar-refractivity contribution >= 4 is 47.8 Å². The molecule has 0 aliphatic rings. The molecule has 0 aromatic heterocycles. The third-order valence-corrected chi connectivity index (χ3v) is 7.03. The van der Waals surface area contributed by atoms with Crippen LogP contribution in [0, 0.1) is 22.7 Å². The molecule has 292 valence electrons. The van der Waals surface area contributed by atoms with Crippen molar-refractivity contribution in [3.8, 4) is 0 Å². The molecule has 0 aliphatic heterocycles. The minimum atomic E-state index is -4.20. The fraction of sp³-hybridized carbons (Fsp3) is 0.429. The zero-order valence-corrected chi connectivity index (χ0v) is 29.3. The molecule has 0 aromatic rings. The largest absolute Gasteiger partial charge is 0.464 e. The zero-order valence-electron chi connectivity index (χ0n) is 29.3. The van der Waals surface area contributed by atoms with Gasteiger partial charge in [-0.15, -0.1) is 0 Å². The average molecular weight is 757 g/mol. The number of ether oxygens (including phenoxy) is 8. The molecule has 0 rings (SSSR count). The fourth-order valence-electron chi connectivity index (χ4n) is 3.59. The van der Waals surface area contributed by atoms with E-state index in [1.54, 1.807) is 0 Å². The molecule has 0 spiro atoms. The first-order chi connectivity index (χ1) is 24.8. The molecule has 0 bridgehead atoms. The number of hydrogen-bond donors (Lipinski definition) is 0. The lowest BCUT2D eigenvalue weighted by Gasteiger charge is -2.33. The first-order valence-corrected chi connectivity index (χ1v) is 15.3. The van der Waals surface area contributed by atoms with Gasteiger partial charge in [0.05, 0.1) is 0 Å². The second kappa shape index (κ2) is 22.8. The van der Waals surface area contributed by atoms with Gasteiger partial charge in [-0.3, -0.25) is 9.59 Å². The summed E-state index contributed by atoms with van der Waals surface area (Å²) in [6, 6.07) is 0. The fourth-order valence-corrected chi connectivity index (χ4v) is 3.59. The van der Waals surface area contributed by atoms with Crippen molar-refractivity contribution in [2.24, 2.45) is 22.7 Å². The van der Waals surface area contributed by atoms with Crippen molar-refractivity contribution in [1.29, 1.82) is 0 Å². The van der Waals surface area contributed by atoms with E-state index in [1.165, 1.54) is 0 Å². The van der Waals surface area contributed by atoms with Crippen molar-refractivity contribution < 1.29 is 85.0 Å². The normalized spacial score (nSPS) is 12.2. The molecule has 0 fully saturated rings. The summed E-state index contributed by atoms with van der Waals surface area (Å²) in [5, 5.41) is 0. The van der Waals surface area contributed by atoms with Gasteiger partial charge in [0.2, 0.25) is 0 Å². The second-order valence-corrected chi connectivity index (χ2v) is 11.2. The molecular weight excluding hydrogens is 714 g/mol. The molecule has 0 radical (unpaired) electrons. The van der Waals surface area contributed by atoms with Gasteiger partial charge >= 0.3 is 47.8 Å². The van der Waals surface area contributed by atoms with E-state index < -0.39 is 129 Å². The van der Waals surface area contributed by atoms with Crippen molar-refractivity contribution in [2.75, 3.05) is 52.9 Å². The van der Waals surface area contributed by atoms with Crippen LogP contribution in [0.5, 0.6) is 0 Å². The van der Waals surface area contributed by atoms with E-state index in [-0.39, 0.29) is 0 Å². The number of carbonyl (C=O) groups excluding carboxylic acids is 8. The summed E-state index contributed by atoms with van der Waals surface area (Å²) < 4.78 is 71.5. The van der Waals surface area contributed by atoms with Gasteiger partial charge in [0.15, 0.2) is 0 Å². The van der Waals surface area contributed by atoms with Gasteiger partial charge in [-0.2, -0.15) is 0 Å². The van der Waals surface area contributed by atoms with Gasteiger partial charge in [-0.1, -0.05) is 39.5 Å². The SMILES string of the molecule is C=CC(=O)OCC(COC(=O)C=C)(COC(=O)C=C)COC(=O)C(C)C(F)(F)C(C)C(=O)OCC(COC(=O)C=C)(COC(=O)C=C)COC(=O)C=C. The first kappa shape index (κ1) is 47.1. The molecule has 0 saturated carbocycles. The Morgan fingerprint density at radius 3 is 0.755 bits per heavy atom. The highest BCUT2D eigenvalue weighted by atomic mass is 19.3. The molecule has 0 N–H and O–H groups in total. The lowest BCUT2D eigenvalue weighted by molar-refractivity contribution is -0.187. The van der Waals surface area contributed by atoms with E-state index in [4.69, 9.17) is 37.9 Å². The van der Waals surface area contributed by atoms with Crippen LogP contribution in [0.4, 0.5) is 8.78 Å². The summed E-state index contributed by atoms with van der Waals surface area (Å²) in [5.41, 5.74) is -3.68. The Morgan fingerprint density at radius 2 is 0.585 bits per heavy atom. The number of esters is 8. The quantitative estimate of drug-likeness (QED) is 0.0704. The van der Waals surface area contributed by atoms with Crippen LogP contribution in [0.3, 0.4) is 0 Å². The summed E-state index contributed by atoms with van der Waals surface area (Å²) in [6.45, 7) is 14.6. The maximum absolute atomic E-state index is 15.7. The summed E-state index contributed by atoms with van der Waals surface area (Å²) in [6.07, 6.45) is 4.61. The first-order valence-electron chi connectivity index (χ1n) is 15.3. The van der Waals surface area contributed by atoms with E-state index in [1.807, 2.05) is 0 Å². The van der Waals surface area contributed by atoms with Crippen LogP contribution in [0.1, 0.15) is 13.8 Å². The van der Waals surface area contributed by atoms with Crippen LogP contribution in [0.15, 0.2) is 75.9 Å². The predicted octanol–water partition coefficient (Wildman–Crippen LogP) is 2.33. The molecule has 18 heteroatoms. The molecule has 0 amide bonds. The smallest absolute Gasteiger partial charge is 0.330 e.